The molecule has 0 aromatic heterocycles. The minimum atomic E-state index is -4.45. The van der Waals surface area contributed by atoms with Gasteiger partial charge >= 0.3 is 0 Å². The predicted molar refractivity (Wildman–Crippen MR) is 51.9 cm³/mol. The van der Waals surface area contributed by atoms with Crippen LogP contribution in [-0.4, -0.2) is 14.3 Å². The number of hydrogen-bond donors (Lipinski definition) is 2. The summed E-state index contributed by atoms with van der Waals surface area (Å²) in [5.74, 6) is -0.899. The van der Waals surface area contributed by atoms with Crippen LogP contribution in [-0.2, 0) is 14.8 Å². The van der Waals surface area contributed by atoms with Crippen LogP contribution < -0.4 is 10.5 Å². The van der Waals surface area contributed by atoms with Gasteiger partial charge in [0, 0.05) is 12.6 Å². The molecule has 0 heterocycles. The molecular weight excluding hydrogens is 204 g/mol. The van der Waals surface area contributed by atoms with Crippen molar-refractivity contribution in [3.63, 3.8) is 0 Å². The first-order valence-electron chi connectivity index (χ1n) is 5.48. The number of hydrogen-bond acceptors (Lipinski definition) is 4. The first kappa shape index (κ1) is 6.02. The molecule has 0 saturated carbocycles. The molecule has 1 amide bonds. The van der Waals surface area contributed by atoms with Gasteiger partial charge in [-0.2, -0.15) is 0 Å². The van der Waals surface area contributed by atoms with Crippen LogP contribution in [0.25, 0.3) is 0 Å². The zero-order valence-electron chi connectivity index (χ0n) is 11.2. The number of anilines is 1. The maximum atomic E-state index is 11.7. The van der Waals surface area contributed by atoms with E-state index in [4.69, 9.17) is 11.2 Å². The van der Waals surface area contributed by atoms with Crippen LogP contribution in [0.1, 0.15) is 12.4 Å². The minimum Gasteiger partial charge on any atom is -0.399 e. The van der Waals surface area contributed by atoms with E-state index in [2.05, 4.69) is 0 Å². The third-order valence-corrected chi connectivity index (χ3v) is 2.47. The zero-order chi connectivity index (χ0) is 14.2. The number of amides is 1. The third kappa shape index (κ3) is 2.46. The quantitative estimate of drug-likeness (QED) is 0.689. The molecule has 76 valence electrons. The van der Waals surface area contributed by atoms with Gasteiger partial charge in [-0.1, -0.05) is 0 Å². The first-order chi connectivity index (χ1) is 8.09. The average molecular weight is 218 g/mol. The molecule has 0 spiro atoms. The van der Waals surface area contributed by atoms with Gasteiger partial charge in [0.1, 0.15) is 0 Å². The second kappa shape index (κ2) is 3.67. The summed E-state index contributed by atoms with van der Waals surface area (Å²) in [6.45, 7) is 0.950. The minimum absolute atomic E-state index is 0.452. The first-order valence-corrected chi connectivity index (χ1v) is 4.97. The Morgan fingerprint density at radius 3 is 2.36 bits per heavy atom. The monoisotopic (exact) mass is 218 g/mol. The lowest BCUT2D eigenvalue weighted by atomic mass is 10.3. The summed E-state index contributed by atoms with van der Waals surface area (Å²) in [5, 5.41) is 0. The van der Waals surface area contributed by atoms with E-state index in [9.17, 15) is 13.2 Å². The molecule has 1 aromatic carbocycles. The van der Waals surface area contributed by atoms with Crippen LogP contribution in [0.2, 0.25) is 0 Å². The van der Waals surface area contributed by atoms with Gasteiger partial charge < -0.3 is 5.73 Å². The van der Waals surface area contributed by atoms with Gasteiger partial charge in [-0.3, -0.25) is 4.79 Å². The van der Waals surface area contributed by atoms with Crippen LogP contribution >= 0.6 is 0 Å². The van der Waals surface area contributed by atoms with E-state index >= 15 is 0 Å². The van der Waals surface area contributed by atoms with Gasteiger partial charge in [0.15, 0.2) is 0 Å². The number of carbonyl (C=O) groups is 1. The van der Waals surface area contributed by atoms with Crippen LogP contribution in [0.15, 0.2) is 29.1 Å². The van der Waals surface area contributed by atoms with E-state index in [0.717, 1.165) is 6.92 Å². The topological polar surface area (TPSA) is 89.3 Å². The molecule has 3 N–H and O–H groups in total. The van der Waals surface area contributed by atoms with Gasteiger partial charge in [0.25, 0.3) is 10.0 Å². The Morgan fingerprint density at radius 1 is 1.43 bits per heavy atom. The standard InChI is InChI=1S/C8H10N2O3S/c1-6(11)10-14(12,13)8-4-2-7(9)3-5-8/h2-5H,9H2,1H3,(H,10,11)/i2D,3D,4D,5D. The number of nitrogens with one attached hydrogen (secondary N) is 1. The van der Waals surface area contributed by atoms with Crippen LogP contribution in [0, 0.1) is 0 Å². The fourth-order valence-electron chi connectivity index (χ4n) is 0.685. The summed E-state index contributed by atoms with van der Waals surface area (Å²) in [7, 11) is -4.45. The molecule has 1 aromatic rings. The van der Waals surface area contributed by atoms with Crippen molar-refractivity contribution in [2.75, 3.05) is 5.73 Å². The lowest BCUT2D eigenvalue weighted by molar-refractivity contribution is -0.117. The van der Waals surface area contributed by atoms with Crippen molar-refractivity contribution in [2.24, 2.45) is 0 Å². The Labute approximate surface area is 87.6 Å². The van der Waals surface area contributed by atoms with Crippen molar-refractivity contribution < 1.29 is 18.7 Å². The molecule has 0 atom stereocenters. The SMILES string of the molecule is [2H]c1c([2H])c(S(=O)(=O)NC(C)=O)c([2H])c([2H])c1N. The Morgan fingerprint density at radius 2 is 1.93 bits per heavy atom. The summed E-state index contributed by atoms with van der Waals surface area (Å²) < 4.78 is 54.7. The van der Waals surface area contributed by atoms with Gasteiger partial charge in [0.2, 0.25) is 5.91 Å². The smallest absolute Gasteiger partial charge is 0.264 e. The Balaban J connectivity index is 3.67. The van der Waals surface area contributed by atoms with Gasteiger partial charge in [-0.15, -0.1) is 0 Å². The van der Waals surface area contributed by atoms with E-state index in [1.807, 2.05) is 0 Å². The van der Waals surface area contributed by atoms with E-state index in [1.165, 1.54) is 0 Å². The molecule has 0 radical (unpaired) electrons. The molecule has 14 heavy (non-hydrogen) atoms. The normalized spacial score (nSPS) is 14.9. The highest BCUT2D eigenvalue weighted by atomic mass is 32.2. The fourth-order valence-corrected chi connectivity index (χ4v) is 1.54. The molecule has 6 heteroatoms. The molecule has 0 bridgehead atoms. The van der Waals surface area contributed by atoms with E-state index in [-0.39, 0.29) is 0 Å². The van der Waals surface area contributed by atoms with Crippen molar-refractivity contribution in [3.05, 3.63) is 24.2 Å². The Bertz CT molecular complexity index is 601. The molecule has 0 saturated heterocycles. The second-order valence-electron chi connectivity index (χ2n) is 2.40. The van der Waals surface area contributed by atoms with Crippen molar-refractivity contribution in [1.29, 1.82) is 0 Å². The summed E-state index contributed by atoms with van der Waals surface area (Å²) in [4.78, 5) is 9.86. The van der Waals surface area contributed by atoms with Gasteiger partial charge in [-0.25, -0.2) is 13.1 Å². The molecule has 1 rings (SSSR count). The van der Waals surface area contributed by atoms with Crippen LogP contribution in [0.5, 0.6) is 0 Å². The van der Waals surface area contributed by atoms with Crippen molar-refractivity contribution >= 4 is 21.6 Å². The largest absolute Gasteiger partial charge is 0.399 e. The highest BCUT2D eigenvalue weighted by molar-refractivity contribution is 7.90. The molecule has 0 aliphatic carbocycles. The number of carbonyl (C=O) groups excluding carboxylic acids is 1. The highest BCUT2D eigenvalue weighted by Gasteiger charge is 2.14. The van der Waals surface area contributed by atoms with E-state index < -0.39 is 50.7 Å². The van der Waals surface area contributed by atoms with E-state index in [1.54, 1.807) is 4.72 Å². The van der Waals surface area contributed by atoms with Gasteiger partial charge in [0.05, 0.1) is 10.4 Å². The maximum absolute atomic E-state index is 11.7. The molecule has 0 aliphatic heterocycles. The maximum Gasteiger partial charge on any atom is 0.264 e. The van der Waals surface area contributed by atoms with Crippen molar-refractivity contribution in [3.8, 4) is 0 Å². The molecule has 0 fully saturated rings. The zero-order valence-corrected chi connectivity index (χ0v) is 8.03. The van der Waals surface area contributed by atoms with Crippen LogP contribution in [0.4, 0.5) is 5.69 Å². The summed E-state index contributed by atoms with van der Waals surface area (Å²) >= 11 is 0. The van der Waals surface area contributed by atoms with Crippen LogP contribution in [0.3, 0.4) is 0 Å². The molecular formula is C8H10N2O3S. The number of nitrogen functional groups attached to an aromatic ring is 1. The summed E-state index contributed by atoms with van der Waals surface area (Å²) in [5.41, 5.74) is 4.85. The van der Waals surface area contributed by atoms with E-state index in [0.29, 0.717) is 0 Å². The van der Waals surface area contributed by atoms with Gasteiger partial charge in [-0.05, 0) is 24.2 Å². The number of rotatable bonds is 2. The number of sulfonamides is 1. The third-order valence-electron chi connectivity index (χ3n) is 1.17. The lowest BCUT2D eigenvalue weighted by Gasteiger charge is -2.04. The second-order valence-corrected chi connectivity index (χ2v) is 4.02. The Hall–Kier alpha value is -1.56. The summed E-state index contributed by atoms with van der Waals surface area (Å²) in [6.07, 6.45) is 0. The average Bonchev–Trinajstić information content (AvgIpc) is 2.21. The highest BCUT2D eigenvalue weighted by Crippen LogP contribution is 2.10. The number of nitrogens with two attached hydrogens (primary N) is 1. The molecule has 0 unspecified atom stereocenters. The molecule has 5 nitrogen and oxygen atoms in total. The van der Waals surface area contributed by atoms with Crippen molar-refractivity contribution in [2.45, 2.75) is 11.8 Å². The van der Waals surface area contributed by atoms with Crippen molar-refractivity contribution in [1.82, 2.24) is 4.72 Å². The number of benzene rings is 1. The fraction of sp³-hybridized carbons (Fsp3) is 0.125. The Kier molecular flexibility index (Phi) is 1.58. The summed E-state index contributed by atoms with van der Waals surface area (Å²) in [6, 6.07) is -2.97. The molecule has 0 aliphatic rings. The predicted octanol–water partition coefficient (Wildman–Crippen LogP) is 0.0936. The lowest BCUT2D eigenvalue weighted by Crippen LogP contribution is -2.28.